The number of aromatic nitrogens is 4. The lowest BCUT2D eigenvalue weighted by Gasteiger charge is -2.34. The molecule has 1 aliphatic heterocycles. The zero-order valence-electron chi connectivity index (χ0n) is 13.4. The van der Waals surface area contributed by atoms with Gasteiger partial charge < -0.3 is 14.6 Å². The topological polar surface area (TPSA) is 56.9 Å². The lowest BCUT2D eigenvalue weighted by Crippen LogP contribution is -2.44. The highest BCUT2D eigenvalue weighted by molar-refractivity contribution is 5.02. The summed E-state index contributed by atoms with van der Waals surface area (Å²) in [4.78, 5) is 4.47. The molecule has 3 atom stereocenters. The van der Waals surface area contributed by atoms with Crippen molar-refractivity contribution in [3.63, 3.8) is 0 Å². The van der Waals surface area contributed by atoms with Crippen LogP contribution in [0.3, 0.4) is 0 Å². The molecule has 6 nitrogen and oxygen atoms in total. The normalized spacial score (nSPS) is 23.5. The molecule has 22 heavy (non-hydrogen) atoms. The van der Waals surface area contributed by atoms with E-state index in [9.17, 15) is 0 Å². The van der Waals surface area contributed by atoms with Crippen LogP contribution in [0.5, 0.6) is 0 Å². The third kappa shape index (κ3) is 3.56. The second-order valence-corrected chi connectivity index (χ2v) is 6.06. The van der Waals surface area contributed by atoms with Crippen molar-refractivity contribution in [1.82, 2.24) is 24.6 Å². The number of hydrogen-bond acceptors (Lipinski definition) is 4. The van der Waals surface area contributed by atoms with Gasteiger partial charge in [0.15, 0.2) is 0 Å². The van der Waals surface area contributed by atoms with Crippen LogP contribution < -0.4 is 5.32 Å². The van der Waals surface area contributed by atoms with Crippen molar-refractivity contribution in [1.29, 1.82) is 0 Å². The summed E-state index contributed by atoms with van der Waals surface area (Å²) in [5.41, 5.74) is 0. The van der Waals surface area contributed by atoms with Gasteiger partial charge in [-0.1, -0.05) is 0 Å². The molecular formula is C16H25N5O. The number of aryl methyl sites for hydroxylation is 2. The van der Waals surface area contributed by atoms with Gasteiger partial charge in [0, 0.05) is 57.1 Å². The maximum absolute atomic E-state index is 6.00. The van der Waals surface area contributed by atoms with Crippen LogP contribution in [0.25, 0.3) is 0 Å². The molecule has 3 rings (SSSR count). The Balaban J connectivity index is 1.58. The van der Waals surface area contributed by atoms with E-state index < -0.39 is 0 Å². The molecular weight excluding hydrogens is 278 g/mol. The molecule has 0 spiro atoms. The highest BCUT2D eigenvalue weighted by Crippen LogP contribution is 2.27. The summed E-state index contributed by atoms with van der Waals surface area (Å²) in [6.45, 7) is 3.98. The van der Waals surface area contributed by atoms with Crippen molar-refractivity contribution in [2.75, 3.05) is 6.61 Å². The Kier molecular flexibility index (Phi) is 4.90. The first-order valence-corrected chi connectivity index (χ1v) is 8.06. The van der Waals surface area contributed by atoms with E-state index in [1.807, 2.05) is 42.6 Å². The predicted molar refractivity (Wildman–Crippen MR) is 84.4 cm³/mol. The Hall–Kier alpha value is -1.66. The minimum Gasteiger partial charge on any atom is -0.369 e. The summed E-state index contributed by atoms with van der Waals surface area (Å²) >= 11 is 0. The van der Waals surface area contributed by atoms with Gasteiger partial charge in [-0.2, -0.15) is 5.10 Å². The maximum atomic E-state index is 6.00. The molecule has 0 amide bonds. The molecule has 0 radical (unpaired) electrons. The van der Waals surface area contributed by atoms with E-state index in [1.165, 1.54) is 0 Å². The third-order valence-corrected chi connectivity index (χ3v) is 4.28. The summed E-state index contributed by atoms with van der Waals surface area (Å²) < 4.78 is 10.0. The van der Waals surface area contributed by atoms with Gasteiger partial charge in [-0.05, 0) is 32.3 Å². The van der Waals surface area contributed by atoms with Gasteiger partial charge in [-0.3, -0.25) is 4.68 Å². The molecule has 0 bridgehead atoms. The fraction of sp³-hybridized carbons (Fsp3) is 0.625. The van der Waals surface area contributed by atoms with E-state index in [0.717, 1.165) is 38.2 Å². The van der Waals surface area contributed by atoms with E-state index in [-0.39, 0.29) is 6.10 Å². The quantitative estimate of drug-likeness (QED) is 0.885. The molecule has 1 fully saturated rings. The van der Waals surface area contributed by atoms with Crippen LogP contribution in [-0.2, 0) is 18.3 Å². The number of rotatable bonds is 6. The highest BCUT2D eigenvalue weighted by Gasteiger charge is 2.30. The maximum Gasteiger partial charge on any atom is 0.139 e. The van der Waals surface area contributed by atoms with Gasteiger partial charge in [-0.15, -0.1) is 0 Å². The smallest absolute Gasteiger partial charge is 0.139 e. The molecule has 1 saturated heterocycles. The molecule has 120 valence electrons. The zero-order valence-corrected chi connectivity index (χ0v) is 13.4. The SMILES string of the molecule is CC(CCn1cccn1)N[C@H]1CCCO[C@@H]1c1nccn1C. The molecule has 1 unspecified atom stereocenters. The Bertz CT molecular complexity index is 565. The van der Waals surface area contributed by atoms with Crippen LogP contribution >= 0.6 is 0 Å². The number of nitrogens with one attached hydrogen (secondary N) is 1. The largest absolute Gasteiger partial charge is 0.369 e. The van der Waals surface area contributed by atoms with Crippen molar-refractivity contribution >= 4 is 0 Å². The molecule has 1 N–H and O–H groups in total. The molecule has 0 aromatic carbocycles. The van der Waals surface area contributed by atoms with E-state index in [0.29, 0.717) is 12.1 Å². The zero-order chi connectivity index (χ0) is 15.4. The Morgan fingerprint density at radius 1 is 1.41 bits per heavy atom. The van der Waals surface area contributed by atoms with Gasteiger partial charge in [0.1, 0.15) is 11.9 Å². The van der Waals surface area contributed by atoms with Gasteiger partial charge >= 0.3 is 0 Å². The molecule has 3 heterocycles. The Morgan fingerprint density at radius 2 is 2.32 bits per heavy atom. The molecule has 2 aromatic rings. The fourth-order valence-electron chi connectivity index (χ4n) is 3.07. The first kappa shape index (κ1) is 15.2. The number of imidazole rings is 1. The molecule has 0 saturated carbocycles. The lowest BCUT2D eigenvalue weighted by atomic mass is 10.00. The minimum atomic E-state index is 0.0425. The summed E-state index contributed by atoms with van der Waals surface area (Å²) in [5.74, 6) is 1.01. The van der Waals surface area contributed by atoms with E-state index in [1.54, 1.807) is 0 Å². The first-order chi connectivity index (χ1) is 10.7. The van der Waals surface area contributed by atoms with E-state index in [4.69, 9.17) is 4.74 Å². The molecule has 0 aliphatic carbocycles. The summed E-state index contributed by atoms with van der Waals surface area (Å²) in [7, 11) is 2.03. The highest BCUT2D eigenvalue weighted by atomic mass is 16.5. The summed E-state index contributed by atoms with van der Waals surface area (Å²) in [6.07, 6.45) is 11.0. The van der Waals surface area contributed by atoms with E-state index in [2.05, 4.69) is 26.9 Å². The first-order valence-electron chi connectivity index (χ1n) is 8.06. The third-order valence-electron chi connectivity index (χ3n) is 4.28. The Labute approximate surface area is 131 Å². The standard InChI is InChI=1S/C16H25N5O/c1-13(6-10-21-9-4-7-18-21)19-14-5-3-12-22-15(14)16-17-8-11-20(16)2/h4,7-9,11,13-15,19H,3,5-6,10,12H2,1-2H3/t13?,14-,15-/m0/s1. The van der Waals surface area contributed by atoms with Crippen LogP contribution in [0.2, 0.25) is 0 Å². The second kappa shape index (κ2) is 7.07. The Morgan fingerprint density at radius 3 is 3.05 bits per heavy atom. The van der Waals surface area contributed by atoms with Crippen LogP contribution in [0.4, 0.5) is 0 Å². The second-order valence-electron chi connectivity index (χ2n) is 6.06. The summed E-state index contributed by atoms with van der Waals surface area (Å²) in [6, 6.07) is 2.70. The van der Waals surface area contributed by atoms with Crippen LogP contribution in [0.15, 0.2) is 30.9 Å². The van der Waals surface area contributed by atoms with E-state index >= 15 is 0 Å². The van der Waals surface area contributed by atoms with Gasteiger partial charge in [-0.25, -0.2) is 4.98 Å². The molecule has 6 heteroatoms. The molecule has 1 aliphatic rings. The van der Waals surface area contributed by atoms with Gasteiger partial charge in [0.2, 0.25) is 0 Å². The van der Waals surface area contributed by atoms with Crippen molar-refractivity contribution in [3.8, 4) is 0 Å². The number of ether oxygens (including phenoxy) is 1. The fourth-order valence-corrected chi connectivity index (χ4v) is 3.07. The molecule has 2 aromatic heterocycles. The van der Waals surface area contributed by atoms with Crippen molar-refractivity contribution in [2.45, 2.75) is 50.9 Å². The minimum absolute atomic E-state index is 0.0425. The van der Waals surface area contributed by atoms with Crippen LogP contribution in [-0.4, -0.2) is 38.0 Å². The monoisotopic (exact) mass is 303 g/mol. The number of hydrogen-bond donors (Lipinski definition) is 1. The van der Waals surface area contributed by atoms with Crippen LogP contribution in [0, 0.1) is 0 Å². The van der Waals surface area contributed by atoms with Gasteiger partial charge in [0.25, 0.3) is 0 Å². The van der Waals surface area contributed by atoms with Crippen molar-refractivity contribution in [2.24, 2.45) is 7.05 Å². The number of nitrogens with zero attached hydrogens (tertiary/aromatic N) is 4. The lowest BCUT2D eigenvalue weighted by molar-refractivity contribution is -0.0202. The average Bonchev–Trinajstić information content (AvgIpc) is 3.17. The summed E-state index contributed by atoms with van der Waals surface area (Å²) in [5, 5.41) is 7.98. The van der Waals surface area contributed by atoms with Crippen molar-refractivity contribution < 1.29 is 4.74 Å². The predicted octanol–water partition coefficient (Wildman–Crippen LogP) is 1.91. The average molecular weight is 303 g/mol. The van der Waals surface area contributed by atoms with Crippen molar-refractivity contribution in [3.05, 3.63) is 36.7 Å². The van der Waals surface area contributed by atoms with Crippen LogP contribution in [0.1, 0.15) is 38.1 Å². The van der Waals surface area contributed by atoms with Gasteiger partial charge in [0.05, 0.1) is 0 Å².